The van der Waals surface area contributed by atoms with Crippen molar-refractivity contribution in [3.63, 3.8) is 0 Å². The molecule has 3 rings (SSSR count). The number of benzene rings is 2. The number of hydrogen-bond donors (Lipinski definition) is 0. The molecular formula is C15H12ClIN2. The molecule has 2 nitrogen and oxygen atoms in total. The molecule has 0 fully saturated rings. The molecule has 0 spiro atoms. The zero-order valence-electron chi connectivity index (χ0n) is 10.3. The molecule has 0 N–H and O–H groups in total. The Morgan fingerprint density at radius 1 is 1.16 bits per heavy atom. The van der Waals surface area contributed by atoms with Crippen molar-refractivity contribution in [3.8, 4) is 5.69 Å². The van der Waals surface area contributed by atoms with Crippen LogP contribution in [0.5, 0.6) is 0 Å². The lowest BCUT2D eigenvalue weighted by molar-refractivity contribution is 0.882. The van der Waals surface area contributed by atoms with Crippen molar-refractivity contribution in [1.82, 2.24) is 9.55 Å². The first-order chi connectivity index (χ1) is 9.16. The van der Waals surface area contributed by atoms with Gasteiger partial charge in [-0.1, -0.05) is 18.2 Å². The maximum Gasteiger partial charge on any atom is 0.132 e. The Labute approximate surface area is 130 Å². The van der Waals surface area contributed by atoms with Gasteiger partial charge in [0.05, 0.1) is 16.4 Å². The molecule has 0 bridgehead atoms. The second-order valence-electron chi connectivity index (χ2n) is 4.39. The Balaban J connectivity index is 2.34. The Morgan fingerprint density at radius 3 is 2.68 bits per heavy atom. The molecule has 1 atom stereocenters. The first-order valence-corrected chi connectivity index (χ1v) is 7.56. The summed E-state index contributed by atoms with van der Waals surface area (Å²) >= 11 is 8.60. The molecule has 0 amide bonds. The fourth-order valence-corrected chi connectivity index (χ4v) is 2.87. The van der Waals surface area contributed by atoms with Crippen molar-refractivity contribution >= 4 is 45.2 Å². The van der Waals surface area contributed by atoms with Crippen LogP contribution in [0.1, 0.15) is 18.1 Å². The summed E-state index contributed by atoms with van der Waals surface area (Å²) in [6.07, 6.45) is 0. The van der Waals surface area contributed by atoms with Crippen LogP contribution >= 0.6 is 34.2 Å². The number of rotatable bonds is 2. The minimum Gasteiger partial charge on any atom is -0.295 e. The molecular weight excluding hydrogens is 371 g/mol. The predicted octanol–water partition coefficient (Wildman–Crippen LogP) is 4.93. The van der Waals surface area contributed by atoms with Crippen LogP contribution in [0.2, 0.25) is 0 Å². The summed E-state index contributed by atoms with van der Waals surface area (Å²) in [6.45, 7) is 1.95. The number of para-hydroxylation sites is 2. The van der Waals surface area contributed by atoms with Gasteiger partial charge in [-0.25, -0.2) is 4.98 Å². The van der Waals surface area contributed by atoms with E-state index in [2.05, 4.69) is 62.5 Å². The van der Waals surface area contributed by atoms with E-state index in [9.17, 15) is 0 Å². The number of hydrogen-bond acceptors (Lipinski definition) is 1. The van der Waals surface area contributed by atoms with E-state index >= 15 is 0 Å². The molecule has 3 aromatic rings. The molecule has 0 saturated heterocycles. The highest BCUT2D eigenvalue weighted by Crippen LogP contribution is 2.28. The standard InChI is InChI=1S/C15H12ClIN2/c1-10(16)15-18-13-7-2-3-8-14(13)19(15)12-6-4-5-11(17)9-12/h2-10H,1H3. The van der Waals surface area contributed by atoms with Crippen molar-refractivity contribution < 1.29 is 0 Å². The molecule has 0 aliphatic heterocycles. The third-order valence-electron chi connectivity index (χ3n) is 3.01. The second kappa shape index (κ2) is 5.13. The van der Waals surface area contributed by atoms with E-state index in [1.165, 1.54) is 3.57 Å². The van der Waals surface area contributed by atoms with Gasteiger partial charge in [0.1, 0.15) is 5.82 Å². The quantitative estimate of drug-likeness (QED) is 0.454. The van der Waals surface area contributed by atoms with Gasteiger partial charge in [0.15, 0.2) is 0 Å². The minimum atomic E-state index is -0.134. The van der Waals surface area contributed by atoms with E-state index in [4.69, 9.17) is 11.6 Å². The molecule has 0 aliphatic carbocycles. The van der Waals surface area contributed by atoms with Crippen LogP contribution in [0.15, 0.2) is 48.5 Å². The minimum absolute atomic E-state index is 0.134. The summed E-state index contributed by atoms with van der Waals surface area (Å²) in [6, 6.07) is 16.5. The highest BCUT2D eigenvalue weighted by atomic mass is 127. The lowest BCUT2D eigenvalue weighted by Crippen LogP contribution is -2.02. The van der Waals surface area contributed by atoms with Gasteiger partial charge in [0.25, 0.3) is 0 Å². The fourth-order valence-electron chi connectivity index (χ4n) is 2.20. The lowest BCUT2D eigenvalue weighted by Gasteiger charge is -2.10. The van der Waals surface area contributed by atoms with Crippen LogP contribution < -0.4 is 0 Å². The third kappa shape index (κ3) is 2.37. The number of imidazole rings is 1. The van der Waals surface area contributed by atoms with E-state index in [-0.39, 0.29) is 5.38 Å². The molecule has 4 heteroatoms. The summed E-state index contributed by atoms with van der Waals surface area (Å²) in [7, 11) is 0. The Kier molecular flexibility index (Phi) is 3.50. The molecule has 96 valence electrons. The summed E-state index contributed by atoms with van der Waals surface area (Å²) in [5.74, 6) is 0.880. The fraction of sp³-hybridized carbons (Fsp3) is 0.133. The number of alkyl halides is 1. The molecule has 2 aromatic carbocycles. The second-order valence-corrected chi connectivity index (χ2v) is 6.29. The van der Waals surface area contributed by atoms with E-state index in [0.717, 1.165) is 22.5 Å². The normalized spacial score (nSPS) is 12.8. The smallest absolute Gasteiger partial charge is 0.132 e. The zero-order valence-corrected chi connectivity index (χ0v) is 13.3. The number of aromatic nitrogens is 2. The topological polar surface area (TPSA) is 17.8 Å². The van der Waals surface area contributed by atoms with Gasteiger partial charge >= 0.3 is 0 Å². The van der Waals surface area contributed by atoms with Gasteiger partial charge in [-0.2, -0.15) is 0 Å². The van der Waals surface area contributed by atoms with Gasteiger partial charge in [-0.15, -0.1) is 11.6 Å². The Bertz CT molecular complexity index is 734. The van der Waals surface area contributed by atoms with Crippen LogP contribution in [0.25, 0.3) is 16.7 Å². The van der Waals surface area contributed by atoms with E-state index in [1.807, 2.05) is 25.1 Å². The highest BCUT2D eigenvalue weighted by Gasteiger charge is 2.15. The first kappa shape index (κ1) is 12.9. The number of fused-ring (bicyclic) bond motifs is 1. The predicted molar refractivity (Wildman–Crippen MR) is 88.1 cm³/mol. The molecule has 0 radical (unpaired) electrons. The lowest BCUT2D eigenvalue weighted by atomic mass is 10.2. The van der Waals surface area contributed by atoms with Crippen molar-refractivity contribution in [2.24, 2.45) is 0 Å². The average Bonchev–Trinajstić information content (AvgIpc) is 2.78. The van der Waals surface area contributed by atoms with Gasteiger partial charge in [-0.3, -0.25) is 4.57 Å². The van der Waals surface area contributed by atoms with E-state index in [1.54, 1.807) is 0 Å². The summed E-state index contributed by atoms with van der Waals surface area (Å²) < 4.78 is 3.33. The molecule has 0 aliphatic rings. The third-order valence-corrected chi connectivity index (χ3v) is 3.88. The maximum atomic E-state index is 6.28. The molecule has 0 saturated carbocycles. The van der Waals surface area contributed by atoms with Crippen LogP contribution in [-0.4, -0.2) is 9.55 Å². The number of nitrogens with zero attached hydrogens (tertiary/aromatic N) is 2. The maximum absolute atomic E-state index is 6.28. The summed E-state index contributed by atoms with van der Waals surface area (Å²) in [5.41, 5.74) is 3.17. The van der Waals surface area contributed by atoms with Crippen molar-refractivity contribution in [2.75, 3.05) is 0 Å². The van der Waals surface area contributed by atoms with Crippen LogP contribution in [0.4, 0.5) is 0 Å². The van der Waals surface area contributed by atoms with Crippen molar-refractivity contribution in [2.45, 2.75) is 12.3 Å². The van der Waals surface area contributed by atoms with Gasteiger partial charge in [0.2, 0.25) is 0 Å². The average molecular weight is 383 g/mol. The van der Waals surface area contributed by atoms with E-state index in [0.29, 0.717) is 0 Å². The molecule has 19 heavy (non-hydrogen) atoms. The van der Waals surface area contributed by atoms with Crippen molar-refractivity contribution in [1.29, 1.82) is 0 Å². The van der Waals surface area contributed by atoms with E-state index < -0.39 is 0 Å². The van der Waals surface area contributed by atoms with Crippen LogP contribution in [0.3, 0.4) is 0 Å². The van der Waals surface area contributed by atoms with Crippen LogP contribution in [-0.2, 0) is 0 Å². The van der Waals surface area contributed by atoms with Crippen molar-refractivity contribution in [3.05, 3.63) is 57.9 Å². The molecule has 1 heterocycles. The van der Waals surface area contributed by atoms with Gasteiger partial charge < -0.3 is 0 Å². The Morgan fingerprint density at radius 2 is 1.95 bits per heavy atom. The molecule has 1 aromatic heterocycles. The zero-order chi connectivity index (χ0) is 13.4. The number of halogens is 2. The monoisotopic (exact) mass is 382 g/mol. The summed E-state index contributed by atoms with van der Waals surface area (Å²) in [4.78, 5) is 4.65. The van der Waals surface area contributed by atoms with Crippen LogP contribution in [0, 0.1) is 3.57 Å². The SMILES string of the molecule is CC(Cl)c1nc2ccccc2n1-c1cccc(I)c1. The first-order valence-electron chi connectivity index (χ1n) is 6.04. The largest absolute Gasteiger partial charge is 0.295 e. The van der Waals surface area contributed by atoms with Gasteiger partial charge in [-0.05, 0) is 59.8 Å². The Hall–Kier alpha value is -1.07. The summed E-state index contributed by atoms with van der Waals surface area (Å²) in [5, 5.41) is -0.134. The molecule has 1 unspecified atom stereocenters. The highest BCUT2D eigenvalue weighted by molar-refractivity contribution is 14.1. The van der Waals surface area contributed by atoms with Gasteiger partial charge in [0, 0.05) is 9.26 Å².